The van der Waals surface area contributed by atoms with Crippen molar-refractivity contribution in [1.29, 1.82) is 0 Å². The number of fused-ring (bicyclic) bond motifs is 2. The first-order chi connectivity index (χ1) is 16.6. The molecule has 3 aromatic heterocycles. The number of hydrogen-bond acceptors (Lipinski definition) is 4. The van der Waals surface area contributed by atoms with Crippen LogP contribution in [0.4, 0.5) is 13.2 Å². The van der Waals surface area contributed by atoms with Crippen LogP contribution in [0.25, 0.3) is 16.6 Å². The lowest BCUT2D eigenvalue weighted by Crippen LogP contribution is -2.44. The number of pyridine rings is 1. The van der Waals surface area contributed by atoms with Gasteiger partial charge in [0.2, 0.25) is 0 Å². The van der Waals surface area contributed by atoms with E-state index >= 15 is 0 Å². The molecule has 0 bridgehead atoms. The summed E-state index contributed by atoms with van der Waals surface area (Å²) in [7, 11) is 1.83. The zero-order chi connectivity index (χ0) is 24.9. The fraction of sp³-hybridized carbons (Fsp3) is 0.292. The van der Waals surface area contributed by atoms with Gasteiger partial charge in [-0.3, -0.25) is 9.59 Å². The van der Waals surface area contributed by atoms with Gasteiger partial charge >= 0.3 is 6.18 Å². The molecule has 8 nitrogen and oxygen atoms in total. The molecule has 0 saturated heterocycles. The van der Waals surface area contributed by atoms with Gasteiger partial charge in [-0.25, -0.2) is 4.98 Å². The zero-order valence-corrected chi connectivity index (χ0v) is 19.0. The average Bonchev–Trinajstić information content (AvgIpc) is 3.37. The Bertz CT molecular complexity index is 1500. The van der Waals surface area contributed by atoms with Crippen molar-refractivity contribution in [1.82, 2.24) is 23.6 Å². The lowest BCUT2D eigenvalue weighted by Gasteiger charge is -2.29. The van der Waals surface area contributed by atoms with E-state index in [1.54, 1.807) is 46.3 Å². The van der Waals surface area contributed by atoms with Gasteiger partial charge in [0, 0.05) is 50.0 Å². The molecule has 0 N–H and O–H groups in total. The van der Waals surface area contributed by atoms with Crippen molar-refractivity contribution >= 4 is 16.8 Å². The highest BCUT2D eigenvalue weighted by Gasteiger charge is 2.29. The third-order valence-corrected chi connectivity index (χ3v) is 6.05. The predicted octanol–water partition coefficient (Wildman–Crippen LogP) is 3.43. The number of rotatable bonds is 5. The molecule has 1 amide bonds. The van der Waals surface area contributed by atoms with Gasteiger partial charge in [-0.2, -0.15) is 13.2 Å². The maximum atomic E-state index is 13.2. The minimum Gasteiger partial charge on any atom is -0.484 e. The number of ether oxygens (including phenoxy) is 1. The Morgan fingerprint density at radius 3 is 2.60 bits per heavy atom. The SMILES string of the molecule is Cc1cn(-c2ccc3n(c2=O)CCN(Cc2cn(C)c4ccc(OCC(F)(F)F)cc24)C3=O)cn1. The van der Waals surface area contributed by atoms with Crippen molar-refractivity contribution in [2.75, 3.05) is 13.2 Å². The molecule has 0 spiro atoms. The molecular weight excluding hydrogens is 463 g/mol. The van der Waals surface area contributed by atoms with E-state index in [0.717, 1.165) is 16.8 Å². The Kier molecular flexibility index (Phi) is 5.42. The lowest BCUT2D eigenvalue weighted by atomic mass is 10.1. The van der Waals surface area contributed by atoms with Crippen LogP contribution < -0.4 is 10.3 Å². The number of hydrogen-bond donors (Lipinski definition) is 0. The summed E-state index contributed by atoms with van der Waals surface area (Å²) in [6.45, 7) is 1.34. The van der Waals surface area contributed by atoms with Gasteiger partial charge in [-0.15, -0.1) is 0 Å². The second kappa shape index (κ2) is 8.33. The Morgan fingerprint density at radius 2 is 1.89 bits per heavy atom. The molecule has 0 fully saturated rings. The van der Waals surface area contributed by atoms with Crippen molar-refractivity contribution in [3.63, 3.8) is 0 Å². The summed E-state index contributed by atoms with van der Waals surface area (Å²) in [4.78, 5) is 32.0. The topological polar surface area (TPSA) is 74.3 Å². The summed E-state index contributed by atoms with van der Waals surface area (Å²) in [5, 5.41) is 0.703. The molecule has 182 valence electrons. The number of imidazole rings is 1. The van der Waals surface area contributed by atoms with E-state index in [-0.39, 0.29) is 29.5 Å². The van der Waals surface area contributed by atoms with Gasteiger partial charge in [0.05, 0.1) is 12.0 Å². The van der Waals surface area contributed by atoms with Crippen molar-refractivity contribution in [2.45, 2.75) is 26.2 Å². The van der Waals surface area contributed by atoms with Crippen molar-refractivity contribution in [2.24, 2.45) is 7.05 Å². The second-order valence-electron chi connectivity index (χ2n) is 8.56. The predicted molar refractivity (Wildman–Crippen MR) is 122 cm³/mol. The normalized spacial score (nSPS) is 14.0. The van der Waals surface area contributed by atoms with Crippen molar-refractivity contribution < 1.29 is 22.7 Å². The third kappa shape index (κ3) is 4.29. The van der Waals surface area contributed by atoms with Crippen LogP contribution in [0.1, 0.15) is 21.7 Å². The summed E-state index contributed by atoms with van der Waals surface area (Å²) in [6.07, 6.45) is 0.714. The van der Waals surface area contributed by atoms with E-state index in [2.05, 4.69) is 4.98 Å². The van der Waals surface area contributed by atoms with Gasteiger partial charge in [-0.1, -0.05) is 0 Å². The van der Waals surface area contributed by atoms with E-state index in [1.807, 2.05) is 24.7 Å². The molecule has 1 aromatic carbocycles. The maximum absolute atomic E-state index is 13.2. The lowest BCUT2D eigenvalue weighted by molar-refractivity contribution is -0.153. The number of carbonyl (C=O) groups excluding carboxylic acids is 1. The number of amides is 1. The molecule has 0 radical (unpaired) electrons. The van der Waals surface area contributed by atoms with Crippen LogP contribution in [0, 0.1) is 6.92 Å². The molecule has 0 unspecified atom stereocenters. The fourth-order valence-corrected chi connectivity index (χ4v) is 4.40. The van der Waals surface area contributed by atoms with Gasteiger partial charge in [0.1, 0.15) is 17.1 Å². The van der Waals surface area contributed by atoms with Gasteiger partial charge < -0.3 is 23.3 Å². The minimum atomic E-state index is -4.43. The Morgan fingerprint density at radius 1 is 1.09 bits per heavy atom. The smallest absolute Gasteiger partial charge is 0.422 e. The molecule has 35 heavy (non-hydrogen) atoms. The molecule has 0 atom stereocenters. The quantitative estimate of drug-likeness (QED) is 0.434. The van der Waals surface area contributed by atoms with E-state index in [0.29, 0.717) is 24.2 Å². The molecule has 1 aliphatic rings. The molecule has 5 rings (SSSR count). The first kappa shape index (κ1) is 22.8. The largest absolute Gasteiger partial charge is 0.484 e. The first-order valence-electron chi connectivity index (χ1n) is 10.9. The van der Waals surface area contributed by atoms with Crippen LogP contribution in [0.2, 0.25) is 0 Å². The molecule has 0 saturated carbocycles. The van der Waals surface area contributed by atoms with E-state index in [1.165, 1.54) is 10.6 Å². The summed E-state index contributed by atoms with van der Waals surface area (Å²) >= 11 is 0. The zero-order valence-electron chi connectivity index (χ0n) is 19.0. The van der Waals surface area contributed by atoms with Crippen LogP contribution in [0.3, 0.4) is 0 Å². The first-order valence-corrected chi connectivity index (χ1v) is 10.9. The standard InChI is InChI=1S/C24H22F3N5O3/c1-15-10-31(14-28-15)20-5-6-21-22(33)30(7-8-32(21)23(20)34)12-16-11-29(2)19-4-3-17(9-18(16)19)35-13-24(25,26)27/h3-6,9-11,14H,7-8,12-13H2,1-2H3. The second-order valence-corrected chi connectivity index (χ2v) is 8.56. The number of nitrogens with zero attached hydrogens (tertiary/aromatic N) is 5. The number of benzene rings is 1. The van der Waals surface area contributed by atoms with E-state index in [4.69, 9.17) is 4.74 Å². The molecule has 0 aliphatic carbocycles. The van der Waals surface area contributed by atoms with Crippen molar-refractivity contribution in [3.05, 3.63) is 76.4 Å². The molecule has 4 heterocycles. The molecular formula is C24H22F3N5O3. The highest BCUT2D eigenvalue weighted by molar-refractivity contribution is 5.94. The van der Waals surface area contributed by atoms with Crippen LogP contribution in [0.15, 0.2) is 53.8 Å². The van der Waals surface area contributed by atoms with Gasteiger partial charge in [0.25, 0.3) is 11.5 Å². The maximum Gasteiger partial charge on any atom is 0.422 e. The summed E-state index contributed by atoms with van der Waals surface area (Å²) in [5.74, 6) is -0.186. The molecule has 11 heteroatoms. The summed E-state index contributed by atoms with van der Waals surface area (Å²) < 4.78 is 47.5. The number of halogens is 3. The van der Waals surface area contributed by atoms with Gasteiger partial charge in [-0.05, 0) is 42.8 Å². The average molecular weight is 485 g/mol. The van der Waals surface area contributed by atoms with Crippen LogP contribution >= 0.6 is 0 Å². The van der Waals surface area contributed by atoms with Crippen LogP contribution in [-0.2, 0) is 20.1 Å². The molecule has 1 aliphatic heterocycles. The van der Waals surface area contributed by atoms with E-state index in [9.17, 15) is 22.8 Å². The fourth-order valence-electron chi connectivity index (χ4n) is 4.40. The highest BCUT2D eigenvalue weighted by Crippen LogP contribution is 2.28. The van der Waals surface area contributed by atoms with Crippen molar-refractivity contribution in [3.8, 4) is 11.4 Å². The number of aromatic nitrogens is 4. The third-order valence-electron chi connectivity index (χ3n) is 6.05. The summed E-state index contributed by atoms with van der Waals surface area (Å²) in [6, 6.07) is 7.98. The minimum absolute atomic E-state index is 0.103. The van der Waals surface area contributed by atoms with Gasteiger partial charge in [0.15, 0.2) is 6.61 Å². The Labute approximate surface area is 197 Å². The number of aryl methyl sites for hydroxylation is 2. The van der Waals surface area contributed by atoms with Crippen LogP contribution in [-0.4, -0.2) is 48.8 Å². The van der Waals surface area contributed by atoms with E-state index < -0.39 is 12.8 Å². The Hall–Kier alpha value is -4.02. The molecule has 4 aromatic rings. The highest BCUT2D eigenvalue weighted by atomic mass is 19.4. The monoisotopic (exact) mass is 485 g/mol. The summed E-state index contributed by atoms with van der Waals surface area (Å²) in [5.41, 5.74) is 2.78. The number of alkyl halides is 3. The van der Waals surface area contributed by atoms with Crippen LogP contribution in [0.5, 0.6) is 5.75 Å². The number of carbonyl (C=O) groups is 1. The Balaban J connectivity index is 1.42.